The Hall–Kier alpha value is -3.48. The lowest BCUT2D eigenvalue weighted by Gasteiger charge is -2.12. The highest BCUT2D eigenvalue weighted by Crippen LogP contribution is 2.26. The molecule has 0 atom stereocenters. The predicted octanol–water partition coefficient (Wildman–Crippen LogP) is 5.53. The van der Waals surface area contributed by atoms with Gasteiger partial charge in [-0.25, -0.2) is 8.42 Å². The van der Waals surface area contributed by atoms with Crippen molar-refractivity contribution in [3.05, 3.63) is 88.8 Å². The predicted molar refractivity (Wildman–Crippen MR) is 104 cm³/mol. The van der Waals surface area contributed by atoms with Crippen LogP contribution in [0.5, 0.6) is 11.5 Å². The van der Waals surface area contributed by atoms with Crippen LogP contribution in [0.3, 0.4) is 0 Å². The number of para-hydroxylation sites is 1. The van der Waals surface area contributed by atoms with Gasteiger partial charge in [0.05, 0.1) is 4.90 Å². The molecule has 0 aliphatic heterocycles. The summed E-state index contributed by atoms with van der Waals surface area (Å²) in [4.78, 5) is 2.74. The van der Waals surface area contributed by atoms with E-state index in [1.807, 2.05) is 30.3 Å². The van der Waals surface area contributed by atoms with Crippen LogP contribution in [0, 0.1) is 6.92 Å². The number of nitrogens with one attached hydrogen (secondary N) is 1. The quantitative estimate of drug-likeness (QED) is 0.345. The van der Waals surface area contributed by atoms with Gasteiger partial charge in [-0.3, -0.25) is 4.72 Å². The van der Waals surface area contributed by atoms with Gasteiger partial charge in [0.1, 0.15) is 11.5 Å². The first-order chi connectivity index (χ1) is 13.0. The van der Waals surface area contributed by atoms with Crippen LogP contribution in [-0.4, -0.2) is 8.42 Å². The molecule has 0 aromatic heterocycles. The maximum Gasteiger partial charge on any atom is 0.262 e. The molecule has 0 bridgehead atoms. The number of aryl methyl sites for hydroxylation is 1. The largest absolute Gasteiger partial charge is 0.457 e. The van der Waals surface area contributed by atoms with Crippen molar-refractivity contribution in [2.45, 2.75) is 11.8 Å². The summed E-state index contributed by atoms with van der Waals surface area (Å²) in [6, 6.07) is 20.3. The highest BCUT2D eigenvalue weighted by Gasteiger charge is 2.17. The number of sulfonamides is 1. The Morgan fingerprint density at radius 3 is 2.30 bits per heavy atom. The van der Waals surface area contributed by atoms with E-state index in [4.69, 9.17) is 10.3 Å². The minimum atomic E-state index is -3.83. The van der Waals surface area contributed by atoms with E-state index >= 15 is 0 Å². The third-order valence-corrected chi connectivity index (χ3v) is 5.23. The number of anilines is 1. The fourth-order valence-electron chi connectivity index (χ4n) is 2.42. The van der Waals surface area contributed by atoms with E-state index in [1.54, 1.807) is 43.3 Å². The van der Waals surface area contributed by atoms with Crippen molar-refractivity contribution < 1.29 is 13.2 Å². The highest BCUT2D eigenvalue weighted by atomic mass is 32.2. The van der Waals surface area contributed by atoms with Crippen molar-refractivity contribution in [1.29, 1.82) is 0 Å². The third kappa shape index (κ3) is 4.58. The maximum atomic E-state index is 12.7. The Kier molecular flexibility index (Phi) is 5.30. The standard InChI is InChI=1S/C19H16N4O3S/c1-14-7-8-16(21-23-20)13-19(14)27(24,25)22-15-9-11-18(12-10-15)26-17-5-3-2-4-6-17/h2-13,22H,1H3. The van der Waals surface area contributed by atoms with Crippen molar-refractivity contribution in [2.75, 3.05) is 4.72 Å². The second-order valence-corrected chi connectivity index (χ2v) is 7.34. The molecule has 8 heteroatoms. The van der Waals surface area contributed by atoms with Crippen LogP contribution in [0.25, 0.3) is 10.4 Å². The number of nitrogens with zero attached hydrogens (tertiary/aromatic N) is 3. The Bertz CT molecular complexity index is 1090. The Morgan fingerprint density at radius 2 is 1.63 bits per heavy atom. The molecule has 3 aromatic rings. The summed E-state index contributed by atoms with van der Waals surface area (Å²) in [6.07, 6.45) is 0. The molecule has 136 valence electrons. The van der Waals surface area contributed by atoms with Gasteiger partial charge in [0.2, 0.25) is 0 Å². The Morgan fingerprint density at radius 1 is 0.963 bits per heavy atom. The summed E-state index contributed by atoms with van der Waals surface area (Å²) in [6.45, 7) is 1.67. The minimum absolute atomic E-state index is 0.0528. The monoisotopic (exact) mass is 380 g/mol. The van der Waals surface area contributed by atoms with Crippen LogP contribution in [0.4, 0.5) is 11.4 Å². The molecule has 0 aliphatic rings. The molecule has 0 aliphatic carbocycles. The first kappa shape index (κ1) is 18.3. The smallest absolute Gasteiger partial charge is 0.262 e. The second-order valence-electron chi connectivity index (χ2n) is 5.68. The summed E-state index contributed by atoms with van der Waals surface area (Å²) in [5, 5.41) is 3.45. The van der Waals surface area contributed by atoms with Gasteiger partial charge in [0.15, 0.2) is 0 Å². The lowest BCUT2D eigenvalue weighted by Crippen LogP contribution is -2.14. The number of benzene rings is 3. The topological polar surface area (TPSA) is 104 Å². The van der Waals surface area contributed by atoms with Crippen LogP contribution < -0.4 is 9.46 Å². The minimum Gasteiger partial charge on any atom is -0.457 e. The molecule has 27 heavy (non-hydrogen) atoms. The molecule has 3 rings (SSSR count). The maximum absolute atomic E-state index is 12.7. The van der Waals surface area contributed by atoms with Crippen molar-refractivity contribution in [1.82, 2.24) is 0 Å². The first-order valence-electron chi connectivity index (χ1n) is 7.99. The van der Waals surface area contributed by atoms with Crippen LogP contribution in [0.15, 0.2) is 82.8 Å². The Labute approximate surface area is 156 Å². The second kappa shape index (κ2) is 7.82. The zero-order valence-electron chi connectivity index (χ0n) is 14.4. The number of ether oxygens (including phenoxy) is 1. The molecule has 3 aromatic carbocycles. The van der Waals surface area contributed by atoms with E-state index in [-0.39, 0.29) is 10.6 Å². The summed E-state index contributed by atoms with van der Waals surface area (Å²) in [5.74, 6) is 1.28. The highest BCUT2D eigenvalue weighted by molar-refractivity contribution is 7.92. The van der Waals surface area contributed by atoms with Crippen LogP contribution in [-0.2, 0) is 10.0 Å². The van der Waals surface area contributed by atoms with Crippen LogP contribution in [0.2, 0.25) is 0 Å². The van der Waals surface area contributed by atoms with Gasteiger partial charge in [-0.2, -0.15) is 0 Å². The van der Waals surface area contributed by atoms with Gasteiger partial charge in [-0.05, 0) is 60.5 Å². The first-order valence-corrected chi connectivity index (χ1v) is 9.48. The molecular formula is C19H16N4O3S. The van der Waals surface area contributed by atoms with Crippen LogP contribution >= 0.6 is 0 Å². The number of azide groups is 1. The number of hydrogen-bond donors (Lipinski definition) is 1. The van der Waals surface area contributed by atoms with E-state index in [0.29, 0.717) is 22.7 Å². The lowest BCUT2D eigenvalue weighted by atomic mass is 10.2. The fourth-order valence-corrected chi connectivity index (χ4v) is 3.74. The zero-order chi connectivity index (χ0) is 19.3. The van der Waals surface area contributed by atoms with Gasteiger partial charge < -0.3 is 4.74 Å². The molecule has 0 saturated heterocycles. The van der Waals surface area contributed by atoms with Gasteiger partial charge in [0.25, 0.3) is 10.0 Å². The normalized spacial score (nSPS) is 10.7. The van der Waals surface area contributed by atoms with Gasteiger partial charge in [0, 0.05) is 16.3 Å². The lowest BCUT2D eigenvalue weighted by molar-refractivity contribution is 0.483. The van der Waals surface area contributed by atoms with Gasteiger partial charge >= 0.3 is 0 Å². The molecule has 7 nitrogen and oxygen atoms in total. The molecule has 0 unspecified atom stereocenters. The molecule has 0 radical (unpaired) electrons. The van der Waals surface area contributed by atoms with Crippen molar-refractivity contribution in [3.8, 4) is 11.5 Å². The van der Waals surface area contributed by atoms with E-state index in [9.17, 15) is 8.42 Å². The Balaban J connectivity index is 1.80. The van der Waals surface area contributed by atoms with Gasteiger partial charge in [-0.15, -0.1) is 0 Å². The molecular weight excluding hydrogens is 364 g/mol. The van der Waals surface area contributed by atoms with E-state index in [0.717, 1.165) is 0 Å². The van der Waals surface area contributed by atoms with E-state index in [1.165, 1.54) is 6.07 Å². The molecule has 1 N–H and O–H groups in total. The third-order valence-electron chi connectivity index (χ3n) is 3.71. The molecule has 0 amide bonds. The van der Waals surface area contributed by atoms with Crippen molar-refractivity contribution in [2.24, 2.45) is 5.11 Å². The molecule has 0 saturated carbocycles. The van der Waals surface area contributed by atoms with Gasteiger partial charge in [-0.1, -0.05) is 35.4 Å². The summed E-state index contributed by atoms with van der Waals surface area (Å²) < 4.78 is 33.6. The average Bonchev–Trinajstić information content (AvgIpc) is 2.66. The van der Waals surface area contributed by atoms with Crippen molar-refractivity contribution >= 4 is 21.4 Å². The van der Waals surface area contributed by atoms with Crippen molar-refractivity contribution in [3.63, 3.8) is 0 Å². The van der Waals surface area contributed by atoms with E-state index < -0.39 is 10.0 Å². The molecule has 0 spiro atoms. The molecule has 0 heterocycles. The van der Waals surface area contributed by atoms with E-state index in [2.05, 4.69) is 14.7 Å². The number of rotatable bonds is 6. The summed E-state index contributed by atoms with van der Waals surface area (Å²) >= 11 is 0. The van der Waals surface area contributed by atoms with Crippen LogP contribution in [0.1, 0.15) is 5.56 Å². The fraction of sp³-hybridized carbons (Fsp3) is 0.0526. The summed E-state index contributed by atoms with van der Waals surface area (Å²) in [7, 11) is -3.83. The summed E-state index contributed by atoms with van der Waals surface area (Å²) in [5.41, 5.74) is 9.70. The zero-order valence-corrected chi connectivity index (χ0v) is 15.2. The molecule has 0 fully saturated rings. The SMILES string of the molecule is Cc1ccc(N=[N+]=[N-])cc1S(=O)(=O)Nc1ccc(Oc2ccccc2)cc1. The average molecular weight is 380 g/mol. The number of hydrogen-bond acceptors (Lipinski definition) is 4.